The maximum Gasteiger partial charge on any atom is 0.135 e. The lowest BCUT2D eigenvalue weighted by atomic mass is 10.0. The summed E-state index contributed by atoms with van der Waals surface area (Å²) in [5.41, 5.74) is 3.58. The zero-order valence-corrected chi connectivity index (χ0v) is 13.7. The van der Waals surface area contributed by atoms with Crippen molar-refractivity contribution < 1.29 is 4.74 Å². The molecule has 2 aromatic rings. The van der Waals surface area contributed by atoms with E-state index in [-0.39, 0.29) is 0 Å². The second kappa shape index (κ2) is 6.96. The number of rotatable bonds is 5. The quantitative estimate of drug-likeness (QED) is 0.640. The van der Waals surface area contributed by atoms with Crippen LogP contribution in [0.5, 0.6) is 5.75 Å². The fraction of sp³-hybridized carbons (Fsp3) is 0.176. The number of ether oxygens (including phenoxy) is 1. The Hall–Kier alpha value is -1.25. The van der Waals surface area contributed by atoms with Crippen molar-refractivity contribution in [2.24, 2.45) is 0 Å². The van der Waals surface area contributed by atoms with Gasteiger partial charge in [0.05, 0.1) is 4.47 Å². The van der Waals surface area contributed by atoms with Gasteiger partial charge < -0.3 is 4.74 Å². The van der Waals surface area contributed by atoms with Crippen LogP contribution in [-0.4, -0.2) is 6.61 Å². The highest BCUT2D eigenvalue weighted by Crippen LogP contribution is 2.32. The second-order valence-corrected chi connectivity index (χ2v) is 5.90. The fourth-order valence-electron chi connectivity index (χ4n) is 1.89. The molecule has 0 atom stereocenters. The molecule has 0 aliphatic carbocycles. The lowest BCUT2D eigenvalue weighted by Crippen LogP contribution is -1.96. The Balaban J connectivity index is 2.22. The maximum absolute atomic E-state index is 6.33. The van der Waals surface area contributed by atoms with E-state index in [2.05, 4.69) is 53.7 Å². The van der Waals surface area contributed by atoms with Crippen LogP contribution in [0.15, 0.2) is 53.5 Å². The average molecular weight is 352 g/mol. The Bertz CT molecular complexity index is 605. The second-order valence-electron chi connectivity index (χ2n) is 4.64. The summed E-state index contributed by atoms with van der Waals surface area (Å²) >= 11 is 9.85. The molecule has 104 valence electrons. The molecule has 0 fully saturated rings. The standard InChI is InChI=1S/C17H16BrClO/c1-3-8-20-17-11-16(19)14(10-15(17)18)9-13-6-4-12(2)5-7-13/h3-7,10-11H,1,8-9H2,2H3. The van der Waals surface area contributed by atoms with Crippen LogP contribution in [0.4, 0.5) is 0 Å². The summed E-state index contributed by atoms with van der Waals surface area (Å²) in [4.78, 5) is 0. The molecule has 0 saturated heterocycles. The molecule has 0 N–H and O–H groups in total. The average Bonchev–Trinajstić information content (AvgIpc) is 2.43. The Morgan fingerprint density at radius 3 is 2.60 bits per heavy atom. The van der Waals surface area contributed by atoms with Crippen molar-refractivity contribution in [3.63, 3.8) is 0 Å². The van der Waals surface area contributed by atoms with Gasteiger partial charge in [-0.1, -0.05) is 54.1 Å². The van der Waals surface area contributed by atoms with Gasteiger partial charge in [-0.2, -0.15) is 0 Å². The fourth-order valence-corrected chi connectivity index (χ4v) is 2.62. The molecule has 0 unspecified atom stereocenters. The van der Waals surface area contributed by atoms with Crippen LogP contribution in [0.1, 0.15) is 16.7 Å². The molecule has 0 aromatic heterocycles. The van der Waals surface area contributed by atoms with Gasteiger partial charge in [0, 0.05) is 11.1 Å². The first kappa shape index (κ1) is 15.1. The van der Waals surface area contributed by atoms with E-state index in [1.165, 1.54) is 11.1 Å². The maximum atomic E-state index is 6.33. The van der Waals surface area contributed by atoms with Crippen LogP contribution in [0.3, 0.4) is 0 Å². The van der Waals surface area contributed by atoms with Gasteiger partial charge in [0.25, 0.3) is 0 Å². The predicted molar refractivity (Wildman–Crippen MR) is 88.8 cm³/mol. The minimum absolute atomic E-state index is 0.465. The van der Waals surface area contributed by atoms with E-state index in [1.807, 2.05) is 12.1 Å². The first-order valence-electron chi connectivity index (χ1n) is 6.37. The van der Waals surface area contributed by atoms with E-state index in [9.17, 15) is 0 Å². The third-order valence-electron chi connectivity index (χ3n) is 2.97. The van der Waals surface area contributed by atoms with Crippen LogP contribution in [-0.2, 0) is 6.42 Å². The minimum Gasteiger partial charge on any atom is -0.488 e. The summed E-state index contributed by atoms with van der Waals surface area (Å²) in [5, 5.41) is 0.716. The topological polar surface area (TPSA) is 9.23 Å². The molecule has 0 heterocycles. The molecule has 0 aliphatic rings. The van der Waals surface area contributed by atoms with Crippen LogP contribution in [0.25, 0.3) is 0 Å². The summed E-state index contributed by atoms with van der Waals surface area (Å²) in [6.07, 6.45) is 2.51. The Morgan fingerprint density at radius 1 is 1.25 bits per heavy atom. The van der Waals surface area contributed by atoms with Crippen LogP contribution >= 0.6 is 27.5 Å². The van der Waals surface area contributed by atoms with Crippen LogP contribution < -0.4 is 4.74 Å². The molecular weight excluding hydrogens is 336 g/mol. The highest BCUT2D eigenvalue weighted by Gasteiger charge is 2.08. The molecule has 3 heteroatoms. The van der Waals surface area contributed by atoms with E-state index in [4.69, 9.17) is 16.3 Å². The van der Waals surface area contributed by atoms with Crippen LogP contribution in [0, 0.1) is 6.92 Å². The molecule has 0 saturated carbocycles. The zero-order valence-electron chi connectivity index (χ0n) is 11.3. The lowest BCUT2D eigenvalue weighted by Gasteiger charge is -2.11. The van der Waals surface area contributed by atoms with Crippen molar-refractivity contribution in [2.45, 2.75) is 13.3 Å². The van der Waals surface area contributed by atoms with Gasteiger partial charge in [0.1, 0.15) is 12.4 Å². The van der Waals surface area contributed by atoms with Gasteiger partial charge in [-0.3, -0.25) is 0 Å². The normalized spacial score (nSPS) is 10.3. The van der Waals surface area contributed by atoms with Gasteiger partial charge in [-0.15, -0.1) is 0 Å². The summed E-state index contributed by atoms with van der Waals surface area (Å²) in [6.45, 7) is 6.18. The molecule has 0 spiro atoms. The smallest absolute Gasteiger partial charge is 0.135 e. The van der Waals surface area contributed by atoms with Crippen molar-refractivity contribution >= 4 is 27.5 Å². The van der Waals surface area contributed by atoms with Gasteiger partial charge in [0.15, 0.2) is 0 Å². The molecule has 2 rings (SSSR count). The van der Waals surface area contributed by atoms with E-state index < -0.39 is 0 Å². The first-order chi connectivity index (χ1) is 9.60. The number of aryl methyl sites for hydroxylation is 1. The summed E-state index contributed by atoms with van der Waals surface area (Å²) < 4.78 is 6.45. The van der Waals surface area contributed by atoms with Gasteiger partial charge in [-0.25, -0.2) is 0 Å². The summed E-state index contributed by atoms with van der Waals surface area (Å²) in [6, 6.07) is 12.3. The van der Waals surface area contributed by atoms with Gasteiger partial charge in [0.2, 0.25) is 0 Å². The minimum atomic E-state index is 0.465. The number of hydrogen-bond donors (Lipinski definition) is 0. The van der Waals surface area contributed by atoms with E-state index in [0.717, 1.165) is 22.2 Å². The third kappa shape index (κ3) is 3.87. The van der Waals surface area contributed by atoms with Crippen molar-refractivity contribution in [3.05, 3.63) is 75.2 Å². The number of halogens is 2. The van der Waals surface area contributed by atoms with Crippen LogP contribution in [0.2, 0.25) is 5.02 Å². The molecular formula is C17H16BrClO. The molecule has 0 amide bonds. The van der Waals surface area contributed by atoms with E-state index in [1.54, 1.807) is 6.08 Å². The predicted octanol–water partition coefficient (Wildman–Crippen LogP) is 5.57. The number of hydrogen-bond acceptors (Lipinski definition) is 1. The van der Waals surface area contributed by atoms with E-state index in [0.29, 0.717) is 11.6 Å². The molecule has 20 heavy (non-hydrogen) atoms. The summed E-state index contributed by atoms with van der Waals surface area (Å²) in [7, 11) is 0. The van der Waals surface area contributed by atoms with Gasteiger partial charge in [-0.05, 0) is 46.5 Å². The third-order valence-corrected chi connectivity index (χ3v) is 3.94. The highest BCUT2D eigenvalue weighted by atomic mass is 79.9. The molecule has 0 aliphatic heterocycles. The molecule has 0 radical (unpaired) electrons. The van der Waals surface area contributed by atoms with E-state index >= 15 is 0 Å². The Morgan fingerprint density at radius 2 is 1.95 bits per heavy atom. The lowest BCUT2D eigenvalue weighted by molar-refractivity contribution is 0.361. The van der Waals surface area contributed by atoms with Crippen molar-refractivity contribution in [1.29, 1.82) is 0 Å². The van der Waals surface area contributed by atoms with Crippen molar-refractivity contribution in [3.8, 4) is 5.75 Å². The number of benzene rings is 2. The monoisotopic (exact) mass is 350 g/mol. The molecule has 0 bridgehead atoms. The first-order valence-corrected chi connectivity index (χ1v) is 7.54. The van der Waals surface area contributed by atoms with Crippen molar-refractivity contribution in [1.82, 2.24) is 0 Å². The van der Waals surface area contributed by atoms with Crippen molar-refractivity contribution in [2.75, 3.05) is 6.61 Å². The SMILES string of the molecule is C=CCOc1cc(Cl)c(Cc2ccc(C)cc2)cc1Br. The molecule has 1 nitrogen and oxygen atoms in total. The molecule has 2 aromatic carbocycles. The Kier molecular flexibility index (Phi) is 5.27. The highest BCUT2D eigenvalue weighted by molar-refractivity contribution is 9.10. The Labute approximate surface area is 133 Å². The zero-order chi connectivity index (χ0) is 14.5. The largest absolute Gasteiger partial charge is 0.488 e. The van der Waals surface area contributed by atoms with Gasteiger partial charge >= 0.3 is 0 Å². The summed E-state index contributed by atoms with van der Waals surface area (Å²) in [5.74, 6) is 0.738.